The molecule has 4 nitrogen and oxygen atoms in total. The van der Waals surface area contributed by atoms with Gasteiger partial charge in [-0.25, -0.2) is 9.78 Å². The van der Waals surface area contributed by atoms with E-state index in [-0.39, 0.29) is 6.03 Å². The molecule has 118 valence electrons. The molecule has 0 spiro atoms. The van der Waals surface area contributed by atoms with Gasteiger partial charge in [-0.3, -0.25) is 0 Å². The highest BCUT2D eigenvalue weighted by atomic mass is 32.1. The molecule has 0 bridgehead atoms. The van der Waals surface area contributed by atoms with Crippen molar-refractivity contribution >= 4 is 17.4 Å². The van der Waals surface area contributed by atoms with Crippen LogP contribution in [-0.4, -0.2) is 29.5 Å². The number of urea groups is 1. The summed E-state index contributed by atoms with van der Waals surface area (Å²) in [6.45, 7) is 5.45. The number of carbonyl (C=O) groups is 1. The number of rotatable bonds is 6. The zero-order valence-electron chi connectivity index (χ0n) is 13.4. The molecule has 2 amide bonds. The van der Waals surface area contributed by atoms with E-state index in [1.165, 1.54) is 10.6 Å². The molecule has 0 aliphatic rings. The third-order valence-corrected chi connectivity index (χ3v) is 4.57. The first kappa shape index (κ1) is 16.5. The average Bonchev–Trinajstić information content (AvgIpc) is 2.88. The molecule has 0 radical (unpaired) electrons. The van der Waals surface area contributed by atoms with Gasteiger partial charge in [0.05, 0.1) is 10.7 Å². The summed E-state index contributed by atoms with van der Waals surface area (Å²) in [7, 11) is 1.81. The fourth-order valence-corrected chi connectivity index (χ4v) is 3.28. The Hall–Kier alpha value is -1.88. The summed E-state index contributed by atoms with van der Waals surface area (Å²) in [4.78, 5) is 19.6. The molecule has 0 aliphatic carbocycles. The number of amides is 2. The minimum absolute atomic E-state index is 0.0483. The molecule has 0 atom stereocenters. The van der Waals surface area contributed by atoms with Crippen molar-refractivity contribution in [2.75, 3.05) is 13.6 Å². The minimum atomic E-state index is -0.0483. The number of thiazole rings is 1. The quantitative estimate of drug-likeness (QED) is 0.887. The molecule has 1 N–H and O–H groups in total. The number of aryl methyl sites for hydroxylation is 2. The molecular weight excluding hydrogens is 294 g/mol. The highest BCUT2D eigenvalue weighted by molar-refractivity contribution is 7.11. The molecule has 0 aliphatic heterocycles. The van der Waals surface area contributed by atoms with Crippen LogP contribution in [0.3, 0.4) is 0 Å². The van der Waals surface area contributed by atoms with E-state index in [1.807, 2.05) is 37.4 Å². The maximum absolute atomic E-state index is 12.1. The van der Waals surface area contributed by atoms with Crippen molar-refractivity contribution in [3.05, 3.63) is 51.5 Å². The van der Waals surface area contributed by atoms with Gasteiger partial charge in [0.15, 0.2) is 0 Å². The van der Waals surface area contributed by atoms with Crippen molar-refractivity contribution in [1.82, 2.24) is 15.2 Å². The maximum Gasteiger partial charge on any atom is 0.317 e. The average molecular weight is 317 g/mol. The predicted octanol–water partition coefficient (Wildman–Crippen LogP) is 3.40. The van der Waals surface area contributed by atoms with Crippen LogP contribution in [0.15, 0.2) is 30.3 Å². The molecule has 5 heteroatoms. The van der Waals surface area contributed by atoms with Gasteiger partial charge >= 0.3 is 6.03 Å². The summed E-state index contributed by atoms with van der Waals surface area (Å²) < 4.78 is 0. The van der Waals surface area contributed by atoms with E-state index in [4.69, 9.17) is 0 Å². The van der Waals surface area contributed by atoms with Gasteiger partial charge in [0.25, 0.3) is 0 Å². The van der Waals surface area contributed by atoms with E-state index in [2.05, 4.69) is 24.1 Å². The number of nitrogens with zero attached hydrogens (tertiary/aromatic N) is 2. The molecule has 0 unspecified atom stereocenters. The lowest BCUT2D eigenvalue weighted by Gasteiger charge is -2.17. The van der Waals surface area contributed by atoms with Crippen LogP contribution in [0.4, 0.5) is 4.79 Å². The van der Waals surface area contributed by atoms with Crippen molar-refractivity contribution in [2.45, 2.75) is 33.2 Å². The Labute approximate surface area is 136 Å². The zero-order chi connectivity index (χ0) is 15.9. The number of nitrogens with one attached hydrogen (secondary N) is 1. The highest BCUT2D eigenvalue weighted by Crippen LogP contribution is 2.17. The number of hydrogen-bond acceptors (Lipinski definition) is 3. The van der Waals surface area contributed by atoms with Gasteiger partial charge in [0, 0.05) is 31.4 Å². The zero-order valence-corrected chi connectivity index (χ0v) is 14.2. The lowest BCUT2D eigenvalue weighted by Crippen LogP contribution is -2.37. The number of hydrogen-bond donors (Lipinski definition) is 1. The summed E-state index contributed by atoms with van der Waals surface area (Å²) in [5, 5.41) is 4.05. The second kappa shape index (κ2) is 7.94. The van der Waals surface area contributed by atoms with Crippen molar-refractivity contribution in [3.8, 4) is 0 Å². The monoisotopic (exact) mass is 317 g/mol. The van der Waals surface area contributed by atoms with E-state index >= 15 is 0 Å². The van der Waals surface area contributed by atoms with E-state index < -0.39 is 0 Å². The molecule has 1 aromatic carbocycles. The second-order valence-electron chi connectivity index (χ2n) is 5.29. The first-order chi connectivity index (χ1) is 10.6. The van der Waals surface area contributed by atoms with Crippen molar-refractivity contribution in [1.29, 1.82) is 0 Å². The maximum atomic E-state index is 12.1. The van der Waals surface area contributed by atoms with Crippen molar-refractivity contribution < 1.29 is 4.79 Å². The molecule has 2 rings (SSSR count). The van der Waals surface area contributed by atoms with Gasteiger partial charge in [0.1, 0.15) is 0 Å². The van der Waals surface area contributed by atoms with Gasteiger partial charge in [-0.05, 0) is 18.9 Å². The number of benzene rings is 1. The van der Waals surface area contributed by atoms with Gasteiger partial charge < -0.3 is 10.2 Å². The molecule has 2 aromatic rings. The summed E-state index contributed by atoms with van der Waals surface area (Å²) in [6.07, 6.45) is 1.75. The normalized spacial score (nSPS) is 10.5. The Balaban J connectivity index is 1.77. The fourth-order valence-electron chi connectivity index (χ4n) is 2.26. The summed E-state index contributed by atoms with van der Waals surface area (Å²) in [5.74, 6) is 0. The molecule has 0 saturated heterocycles. The van der Waals surface area contributed by atoms with Crippen LogP contribution in [-0.2, 0) is 19.4 Å². The third-order valence-electron chi connectivity index (χ3n) is 3.50. The number of carbonyl (C=O) groups excluding carboxylic acids is 1. The van der Waals surface area contributed by atoms with E-state index in [1.54, 1.807) is 16.2 Å². The Morgan fingerprint density at radius 3 is 2.68 bits per heavy atom. The van der Waals surface area contributed by atoms with Crippen LogP contribution in [0.2, 0.25) is 0 Å². The Morgan fingerprint density at radius 1 is 1.32 bits per heavy atom. The lowest BCUT2D eigenvalue weighted by atomic mass is 10.2. The van der Waals surface area contributed by atoms with Gasteiger partial charge in [-0.2, -0.15) is 0 Å². The predicted molar refractivity (Wildman–Crippen MR) is 91.2 cm³/mol. The smallest absolute Gasteiger partial charge is 0.317 e. The van der Waals surface area contributed by atoms with Crippen LogP contribution in [0, 0.1) is 6.92 Å². The van der Waals surface area contributed by atoms with E-state index in [0.717, 1.165) is 23.4 Å². The van der Waals surface area contributed by atoms with Crippen LogP contribution in [0.5, 0.6) is 0 Å². The molecular formula is C17H23N3OS. The largest absolute Gasteiger partial charge is 0.338 e. The van der Waals surface area contributed by atoms with Crippen molar-refractivity contribution in [3.63, 3.8) is 0 Å². The molecule has 0 saturated carbocycles. The topological polar surface area (TPSA) is 45.2 Å². The van der Waals surface area contributed by atoms with E-state index in [0.29, 0.717) is 13.1 Å². The van der Waals surface area contributed by atoms with Crippen LogP contribution >= 0.6 is 11.3 Å². The van der Waals surface area contributed by atoms with Crippen LogP contribution < -0.4 is 5.32 Å². The third kappa shape index (κ3) is 4.56. The van der Waals surface area contributed by atoms with Crippen LogP contribution in [0.25, 0.3) is 0 Å². The number of aromatic nitrogens is 1. The van der Waals surface area contributed by atoms with Gasteiger partial charge in [-0.15, -0.1) is 11.3 Å². The van der Waals surface area contributed by atoms with Gasteiger partial charge in [0.2, 0.25) is 0 Å². The molecule has 1 aromatic heterocycles. The Morgan fingerprint density at radius 2 is 2.05 bits per heavy atom. The Kier molecular flexibility index (Phi) is 5.95. The van der Waals surface area contributed by atoms with Crippen LogP contribution in [0.1, 0.15) is 28.1 Å². The lowest BCUT2D eigenvalue weighted by molar-refractivity contribution is 0.207. The summed E-state index contributed by atoms with van der Waals surface area (Å²) >= 11 is 1.73. The first-order valence-electron chi connectivity index (χ1n) is 7.58. The standard InChI is InChI=1S/C17H23N3OS/c1-4-15-13(2)22-16(19-15)10-11-18-17(21)20(3)12-14-8-6-5-7-9-14/h5-9H,4,10-12H2,1-3H3,(H,18,21). The van der Waals surface area contributed by atoms with Crippen molar-refractivity contribution in [2.24, 2.45) is 0 Å². The van der Waals surface area contributed by atoms with Gasteiger partial charge in [-0.1, -0.05) is 37.3 Å². The summed E-state index contributed by atoms with van der Waals surface area (Å²) in [6, 6.07) is 9.94. The molecule has 1 heterocycles. The Bertz CT molecular complexity index is 610. The highest BCUT2D eigenvalue weighted by Gasteiger charge is 2.10. The SMILES string of the molecule is CCc1nc(CCNC(=O)N(C)Cc2ccccc2)sc1C. The second-order valence-corrected chi connectivity index (χ2v) is 6.58. The van der Waals surface area contributed by atoms with E-state index in [9.17, 15) is 4.79 Å². The first-order valence-corrected chi connectivity index (χ1v) is 8.40. The molecule has 22 heavy (non-hydrogen) atoms. The fraction of sp³-hybridized carbons (Fsp3) is 0.412. The minimum Gasteiger partial charge on any atom is -0.338 e. The molecule has 0 fully saturated rings. The summed E-state index contributed by atoms with van der Waals surface area (Å²) in [5.41, 5.74) is 2.30.